The van der Waals surface area contributed by atoms with Crippen LogP contribution < -0.4 is 5.32 Å². The van der Waals surface area contributed by atoms with Crippen LogP contribution in [0.1, 0.15) is 39.5 Å². The summed E-state index contributed by atoms with van der Waals surface area (Å²) in [5, 5.41) is 3.58. The van der Waals surface area contributed by atoms with Crippen LogP contribution in [-0.2, 0) is 9.53 Å². The van der Waals surface area contributed by atoms with Gasteiger partial charge in [0.15, 0.2) is 0 Å². The molecule has 2 aliphatic carbocycles. The van der Waals surface area contributed by atoms with Crippen molar-refractivity contribution < 1.29 is 9.53 Å². The molecule has 0 amide bonds. The van der Waals surface area contributed by atoms with Crippen LogP contribution in [0.3, 0.4) is 0 Å². The summed E-state index contributed by atoms with van der Waals surface area (Å²) in [6, 6.07) is 0.678. The highest BCUT2D eigenvalue weighted by Crippen LogP contribution is 2.44. The molecule has 16 heavy (non-hydrogen) atoms. The molecule has 92 valence electrons. The molecular formula is C13H23NO2. The van der Waals surface area contributed by atoms with E-state index >= 15 is 0 Å². The van der Waals surface area contributed by atoms with Crippen molar-refractivity contribution >= 4 is 5.97 Å². The third-order valence-electron chi connectivity index (χ3n) is 3.61. The molecular weight excluding hydrogens is 202 g/mol. The zero-order valence-corrected chi connectivity index (χ0v) is 10.4. The molecule has 0 heterocycles. The Hall–Kier alpha value is -0.570. The van der Waals surface area contributed by atoms with Crippen molar-refractivity contribution in [2.45, 2.75) is 45.6 Å². The van der Waals surface area contributed by atoms with Gasteiger partial charge in [-0.15, -0.1) is 0 Å². The fraction of sp³-hybridized carbons (Fsp3) is 0.923. The van der Waals surface area contributed by atoms with Crippen LogP contribution in [0, 0.1) is 17.8 Å². The average molecular weight is 225 g/mol. The van der Waals surface area contributed by atoms with Crippen LogP contribution in [0.15, 0.2) is 0 Å². The van der Waals surface area contributed by atoms with E-state index in [1.807, 2.05) is 13.8 Å². The molecule has 0 saturated heterocycles. The molecule has 0 bridgehead atoms. The van der Waals surface area contributed by atoms with E-state index in [4.69, 9.17) is 4.74 Å². The van der Waals surface area contributed by atoms with Gasteiger partial charge < -0.3 is 10.1 Å². The van der Waals surface area contributed by atoms with Crippen molar-refractivity contribution in [2.75, 3.05) is 13.2 Å². The molecule has 0 aromatic heterocycles. The summed E-state index contributed by atoms with van der Waals surface area (Å²) >= 11 is 0. The second-order valence-corrected chi connectivity index (χ2v) is 5.26. The molecule has 3 heteroatoms. The second kappa shape index (κ2) is 5.17. The van der Waals surface area contributed by atoms with Crippen molar-refractivity contribution in [3.05, 3.63) is 0 Å². The number of rotatable bonds is 7. The summed E-state index contributed by atoms with van der Waals surface area (Å²) in [6.07, 6.45) is 5.51. The summed E-state index contributed by atoms with van der Waals surface area (Å²) in [7, 11) is 0. The highest BCUT2D eigenvalue weighted by Gasteiger charge is 2.41. The maximum absolute atomic E-state index is 11.5. The molecule has 0 aliphatic heterocycles. The van der Waals surface area contributed by atoms with Gasteiger partial charge in [-0.2, -0.15) is 0 Å². The van der Waals surface area contributed by atoms with E-state index in [9.17, 15) is 4.79 Å². The largest absolute Gasteiger partial charge is 0.466 e. The minimum absolute atomic E-state index is 0.0139. The molecule has 2 saturated carbocycles. The SMILES string of the molecule is CCOC(=O)C(C)CNC(C1CC1)C1CC1. The van der Waals surface area contributed by atoms with Gasteiger partial charge in [-0.25, -0.2) is 0 Å². The molecule has 1 unspecified atom stereocenters. The third-order valence-corrected chi connectivity index (χ3v) is 3.61. The molecule has 2 aliphatic rings. The van der Waals surface area contributed by atoms with Gasteiger partial charge in [0.2, 0.25) is 0 Å². The Labute approximate surface area is 97.9 Å². The topological polar surface area (TPSA) is 38.3 Å². The highest BCUT2D eigenvalue weighted by atomic mass is 16.5. The Morgan fingerprint density at radius 1 is 1.31 bits per heavy atom. The number of carbonyl (C=O) groups is 1. The molecule has 0 spiro atoms. The van der Waals surface area contributed by atoms with E-state index in [1.165, 1.54) is 25.7 Å². The Bertz CT molecular complexity index is 234. The first-order valence-corrected chi connectivity index (χ1v) is 6.62. The lowest BCUT2D eigenvalue weighted by molar-refractivity contribution is -0.147. The quantitative estimate of drug-likeness (QED) is 0.673. The third kappa shape index (κ3) is 3.21. The average Bonchev–Trinajstić information content (AvgIpc) is 3.12. The number of ether oxygens (including phenoxy) is 1. The van der Waals surface area contributed by atoms with E-state index in [-0.39, 0.29) is 11.9 Å². The highest BCUT2D eigenvalue weighted by molar-refractivity contribution is 5.72. The summed E-state index contributed by atoms with van der Waals surface area (Å²) in [5.41, 5.74) is 0. The number of esters is 1. The van der Waals surface area contributed by atoms with Gasteiger partial charge in [0.1, 0.15) is 0 Å². The minimum Gasteiger partial charge on any atom is -0.466 e. The molecule has 2 rings (SSSR count). The van der Waals surface area contributed by atoms with Crippen LogP contribution in [-0.4, -0.2) is 25.2 Å². The van der Waals surface area contributed by atoms with Crippen LogP contribution in [0.5, 0.6) is 0 Å². The maximum Gasteiger partial charge on any atom is 0.309 e. The van der Waals surface area contributed by atoms with Crippen LogP contribution >= 0.6 is 0 Å². The van der Waals surface area contributed by atoms with Gasteiger partial charge in [-0.3, -0.25) is 4.79 Å². The van der Waals surface area contributed by atoms with Gasteiger partial charge >= 0.3 is 5.97 Å². The predicted molar refractivity (Wildman–Crippen MR) is 63.0 cm³/mol. The second-order valence-electron chi connectivity index (χ2n) is 5.26. The normalized spacial score (nSPS) is 22.2. The van der Waals surface area contributed by atoms with Crippen LogP contribution in [0.25, 0.3) is 0 Å². The molecule has 0 aromatic rings. The Balaban J connectivity index is 1.70. The van der Waals surface area contributed by atoms with Gasteiger partial charge in [0.05, 0.1) is 12.5 Å². The van der Waals surface area contributed by atoms with Crippen LogP contribution in [0.2, 0.25) is 0 Å². The standard InChI is InChI=1S/C13H23NO2/c1-3-16-13(15)9(2)8-14-12(10-4-5-10)11-6-7-11/h9-12,14H,3-8H2,1-2H3. The van der Waals surface area contributed by atoms with Gasteiger partial charge in [0.25, 0.3) is 0 Å². The van der Waals surface area contributed by atoms with E-state index in [2.05, 4.69) is 5.32 Å². The number of hydrogen-bond acceptors (Lipinski definition) is 3. The summed E-state index contributed by atoms with van der Waals surface area (Å²) in [6.45, 7) is 5.06. The lowest BCUT2D eigenvalue weighted by atomic mass is 10.1. The van der Waals surface area contributed by atoms with Gasteiger partial charge in [-0.1, -0.05) is 6.92 Å². The van der Waals surface area contributed by atoms with Gasteiger partial charge in [0, 0.05) is 12.6 Å². The molecule has 0 radical (unpaired) electrons. The van der Waals surface area contributed by atoms with E-state index in [0.717, 1.165) is 18.4 Å². The predicted octanol–water partition coefficient (Wildman–Crippen LogP) is 1.96. The summed E-state index contributed by atoms with van der Waals surface area (Å²) in [4.78, 5) is 11.5. The first-order chi connectivity index (χ1) is 7.72. The Morgan fingerprint density at radius 3 is 2.31 bits per heavy atom. The van der Waals surface area contributed by atoms with Crippen LogP contribution in [0.4, 0.5) is 0 Å². The van der Waals surface area contributed by atoms with E-state index < -0.39 is 0 Å². The smallest absolute Gasteiger partial charge is 0.309 e. The Morgan fingerprint density at radius 2 is 1.88 bits per heavy atom. The molecule has 0 aromatic carbocycles. The van der Waals surface area contributed by atoms with Crippen molar-refractivity contribution in [2.24, 2.45) is 17.8 Å². The molecule has 2 fully saturated rings. The monoisotopic (exact) mass is 225 g/mol. The first-order valence-electron chi connectivity index (χ1n) is 6.62. The first kappa shape index (κ1) is 11.9. The van der Waals surface area contributed by atoms with Crippen molar-refractivity contribution in [3.63, 3.8) is 0 Å². The number of carbonyl (C=O) groups excluding carboxylic acids is 1. The van der Waals surface area contributed by atoms with E-state index in [1.54, 1.807) is 0 Å². The Kier molecular flexibility index (Phi) is 3.85. The zero-order valence-electron chi connectivity index (χ0n) is 10.4. The van der Waals surface area contributed by atoms with Crippen molar-refractivity contribution in [3.8, 4) is 0 Å². The number of nitrogens with one attached hydrogen (secondary N) is 1. The summed E-state index contributed by atoms with van der Waals surface area (Å²) in [5.74, 6) is 1.70. The maximum atomic E-state index is 11.5. The zero-order chi connectivity index (χ0) is 11.5. The number of hydrogen-bond donors (Lipinski definition) is 1. The molecule has 1 N–H and O–H groups in total. The minimum atomic E-state index is -0.0691. The van der Waals surface area contributed by atoms with E-state index in [0.29, 0.717) is 12.6 Å². The fourth-order valence-corrected chi connectivity index (χ4v) is 2.31. The lowest BCUT2D eigenvalue weighted by Gasteiger charge is -2.20. The fourth-order valence-electron chi connectivity index (χ4n) is 2.31. The van der Waals surface area contributed by atoms with Crippen molar-refractivity contribution in [1.29, 1.82) is 0 Å². The summed E-state index contributed by atoms with van der Waals surface area (Å²) < 4.78 is 5.01. The van der Waals surface area contributed by atoms with Gasteiger partial charge in [-0.05, 0) is 44.4 Å². The lowest BCUT2D eigenvalue weighted by Crippen LogP contribution is -2.38. The molecule has 1 atom stereocenters. The van der Waals surface area contributed by atoms with Crippen molar-refractivity contribution in [1.82, 2.24) is 5.32 Å². The molecule has 3 nitrogen and oxygen atoms in total.